The Balaban J connectivity index is 1.91. The molecule has 4 heteroatoms. The highest BCUT2D eigenvalue weighted by Gasteiger charge is 2.11. The highest BCUT2D eigenvalue weighted by atomic mass is 16.3. The van der Waals surface area contributed by atoms with Crippen LogP contribution in [-0.2, 0) is 0 Å². The van der Waals surface area contributed by atoms with Gasteiger partial charge < -0.3 is 15.5 Å². The topological polar surface area (TPSA) is 68.3 Å². The lowest BCUT2D eigenvalue weighted by atomic mass is 10.1. The molecule has 0 fully saturated rings. The minimum atomic E-state index is -0.153. The molecule has 0 aliphatic carbocycles. The van der Waals surface area contributed by atoms with Gasteiger partial charge in [0.1, 0.15) is 5.58 Å². The van der Waals surface area contributed by atoms with Crippen molar-refractivity contribution >= 4 is 16.9 Å². The molecular formula is C16H22N2O2. The summed E-state index contributed by atoms with van der Waals surface area (Å²) >= 11 is 0. The van der Waals surface area contributed by atoms with Gasteiger partial charge in [0, 0.05) is 11.9 Å². The molecule has 20 heavy (non-hydrogen) atoms. The van der Waals surface area contributed by atoms with Crippen molar-refractivity contribution in [2.45, 2.75) is 26.7 Å². The van der Waals surface area contributed by atoms with E-state index in [0.717, 1.165) is 29.4 Å². The Labute approximate surface area is 119 Å². The third-order valence-corrected chi connectivity index (χ3v) is 3.46. The Hall–Kier alpha value is -1.81. The molecular weight excluding hydrogens is 252 g/mol. The number of hydrogen-bond donors (Lipinski definition) is 2. The first kappa shape index (κ1) is 14.6. The molecule has 0 radical (unpaired) electrons. The molecule has 1 unspecified atom stereocenters. The van der Waals surface area contributed by atoms with Gasteiger partial charge in [-0.25, -0.2) is 0 Å². The molecule has 0 saturated heterocycles. The van der Waals surface area contributed by atoms with Crippen LogP contribution in [0.4, 0.5) is 0 Å². The molecule has 1 aromatic carbocycles. The normalized spacial score (nSPS) is 12.6. The van der Waals surface area contributed by atoms with Crippen LogP contribution in [0.15, 0.2) is 28.7 Å². The average Bonchev–Trinajstić information content (AvgIpc) is 2.86. The van der Waals surface area contributed by atoms with Gasteiger partial charge in [0.2, 0.25) is 0 Å². The number of amides is 1. The fourth-order valence-electron chi connectivity index (χ4n) is 2.13. The fraction of sp³-hybridized carbons (Fsp3) is 0.438. The lowest BCUT2D eigenvalue weighted by Crippen LogP contribution is -2.24. The van der Waals surface area contributed by atoms with Gasteiger partial charge in [0.25, 0.3) is 5.91 Å². The molecule has 2 rings (SSSR count). The van der Waals surface area contributed by atoms with Crippen LogP contribution in [0.1, 0.15) is 35.9 Å². The second-order valence-corrected chi connectivity index (χ2v) is 5.39. The van der Waals surface area contributed by atoms with E-state index in [4.69, 9.17) is 10.2 Å². The van der Waals surface area contributed by atoms with Gasteiger partial charge in [-0.05, 0) is 50.4 Å². The van der Waals surface area contributed by atoms with Crippen molar-refractivity contribution in [1.82, 2.24) is 5.32 Å². The van der Waals surface area contributed by atoms with Gasteiger partial charge in [-0.15, -0.1) is 0 Å². The molecule has 1 amide bonds. The largest absolute Gasteiger partial charge is 0.451 e. The number of nitrogens with two attached hydrogens (primary N) is 1. The highest BCUT2D eigenvalue weighted by Crippen LogP contribution is 2.20. The summed E-state index contributed by atoms with van der Waals surface area (Å²) in [5.74, 6) is 0.720. The van der Waals surface area contributed by atoms with Gasteiger partial charge in [-0.2, -0.15) is 0 Å². The molecule has 4 nitrogen and oxygen atoms in total. The number of aryl methyl sites for hydroxylation is 1. The standard InChI is InChI=1S/C16H22N2O2/c1-11-5-6-14-13(8-11)9-15(20-14)16(19)18-7-3-4-12(2)10-17/h5-6,8-9,12H,3-4,7,10,17H2,1-2H3,(H,18,19). The predicted octanol–water partition coefficient (Wildman–Crippen LogP) is 2.85. The molecule has 0 bridgehead atoms. The van der Waals surface area contributed by atoms with Gasteiger partial charge in [-0.3, -0.25) is 4.79 Å². The zero-order valence-corrected chi connectivity index (χ0v) is 12.1. The summed E-state index contributed by atoms with van der Waals surface area (Å²) in [5, 5.41) is 3.85. The lowest BCUT2D eigenvalue weighted by molar-refractivity contribution is 0.0927. The van der Waals surface area contributed by atoms with E-state index < -0.39 is 0 Å². The van der Waals surface area contributed by atoms with Crippen LogP contribution >= 0.6 is 0 Å². The zero-order valence-electron chi connectivity index (χ0n) is 12.1. The first-order chi connectivity index (χ1) is 9.60. The SMILES string of the molecule is Cc1ccc2oc(C(=O)NCCCC(C)CN)cc2c1. The molecule has 0 aliphatic rings. The Morgan fingerprint density at radius 3 is 2.95 bits per heavy atom. The maximum atomic E-state index is 12.0. The molecule has 0 saturated carbocycles. The first-order valence-electron chi connectivity index (χ1n) is 7.08. The summed E-state index contributed by atoms with van der Waals surface area (Å²) in [6, 6.07) is 7.67. The van der Waals surface area contributed by atoms with E-state index in [2.05, 4.69) is 12.2 Å². The molecule has 1 atom stereocenters. The minimum Gasteiger partial charge on any atom is -0.451 e. The van der Waals surface area contributed by atoms with Gasteiger partial charge in [0.05, 0.1) is 0 Å². The third kappa shape index (κ3) is 3.61. The maximum absolute atomic E-state index is 12.0. The van der Waals surface area contributed by atoms with Crippen LogP contribution in [0.5, 0.6) is 0 Å². The summed E-state index contributed by atoms with van der Waals surface area (Å²) in [6.07, 6.45) is 1.96. The fourth-order valence-corrected chi connectivity index (χ4v) is 2.13. The molecule has 2 aromatic rings. The van der Waals surface area contributed by atoms with Crippen molar-refractivity contribution in [2.75, 3.05) is 13.1 Å². The summed E-state index contributed by atoms with van der Waals surface area (Å²) in [5.41, 5.74) is 7.46. The molecule has 0 spiro atoms. The lowest BCUT2D eigenvalue weighted by Gasteiger charge is -2.07. The Kier molecular flexibility index (Phi) is 4.79. The van der Waals surface area contributed by atoms with E-state index in [1.54, 1.807) is 6.07 Å². The number of carbonyl (C=O) groups is 1. The van der Waals surface area contributed by atoms with E-state index in [1.165, 1.54) is 0 Å². The van der Waals surface area contributed by atoms with Crippen molar-refractivity contribution in [3.63, 3.8) is 0 Å². The maximum Gasteiger partial charge on any atom is 0.287 e. The van der Waals surface area contributed by atoms with E-state index >= 15 is 0 Å². The number of hydrogen-bond acceptors (Lipinski definition) is 3. The number of rotatable bonds is 6. The van der Waals surface area contributed by atoms with E-state index in [9.17, 15) is 4.79 Å². The number of carbonyl (C=O) groups excluding carboxylic acids is 1. The summed E-state index contributed by atoms with van der Waals surface area (Å²) < 4.78 is 5.55. The predicted molar refractivity (Wildman–Crippen MR) is 80.7 cm³/mol. The van der Waals surface area contributed by atoms with Gasteiger partial charge >= 0.3 is 0 Å². The molecule has 1 heterocycles. The average molecular weight is 274 g/mol. The van der Waals surface area contributed by atoms with Crippen LogP contribution in [-0.4, -0.2) is 19.0 Å². The molecule has 3 N–H and O–H groups in total. The second-order valence-electron chi connectivity index (χ2n) is 5.39. The quantitative estimate of drug-likeness (QED) is 0.796. The van der Waals surface area contributed by atoms with Crippen LogP contribution in [0, 0.1) is 12.8 Å². The van der Waals surface area contributed by atoms with E-state index in [1.807, 2.05) is 25.1 Å². The van der Waals surface area contributed by atoms with Crippen LogP contribution in [0.3, 0.4) is 0 Å². The smallest absolute Gasteiger partial charge is 0.287 e. The molecule has 0 aliphatic heterocycles. The van der Waals surface area contributed by atoms with E-state index in [-0.39, 0.29) is 5.91 Å². The Bertz CT molecular complexity index is 589. The van der Waals surface area contributed by atoms with Crippen molar-refractivity contribution < 1.29 is 9.21 Å². The Morgan fingerprint density at radius 2 is 2.20 bits per heavy atom. The van der Waals surface area contributed by atoms with Crippen LogP contribution in [0.25, 0.3) is 11.0 Å². The number of furan rings is 1. The summed E-state index contributed by atoms with van der Waals surface area (Å²) in [4.78, 5) is 12.0. The number of benzene rings is 1. The van der Waals surface area contributed by atoms with Crippen molar-refractivity contribution in [3.05, 3.63) is 35.6 Å². The summed E-state index contributed by atoms with van der Waals surface area (Å²) in [6.45, 7) is 5.48. The van der Waals surface area contributed by atoms with Crippen LogP contribution < -0.4 is 11.1 Å². The third-order valence-electron chi connectivity index (χ3n) is 3.46. The highest BCUT2D eigenvalue weighted by molar-refractivity contribution is 5.96. The Morgan fingerprint density at radius 1 is 1.40 bits per heavy atom. The molecule has 108 valence electrons. The zero-order chi connectivity index (χ0) is 14.5. The van der Waals surface area contributed by atoms with Gasteiger partial charge in [0.15, 0.2) is 5.76 Å². The molecule has 1 aromatic heterocycles. The van der Waals surface area contributed by atoms with Crippen molar-refractivity contribution in [1.29, 1.82) is 0 Å². The minimum absolute atomic E-state index is 0.153. The monoisotopic (exact) mass is 274 g/mol. The number of fused-ring (bicyclic) bond motifs is 1. The first-order valence-corrected chi connectivity index (χ1v) is 7.08. The summed E-state index contributed by atoms with van der Waals surface area (Å²) in [7, 11) is 0. The second kappa shape index (κ2) is 6.57. The van der Waals surface area contributed by atoms with Gasteiger partial charge in [-0.1, -0.05) is 18.6 Å². The van der Waals surface area contributed by atoms with E-state index in [0.29, 0.717) is 24.8 Å². The van der Waals surface area contributed by atoms with Crippen LogP contribution in [0.2, 0.25) is 0 Å². The van der Waals surface area contributed by atoms with Crippen molar-refractivity contribution in [3.8, 4) is 0 Å². The van der Waals surface area contributed by atoms with Crippen molar-refractivity contribution in [2.24, 2.45) is 11.7 Å². The number of nitrogens with one attached hydrogen (secondary N) is 1.